The Morgan fingerprint density at radius 1 is 1.14 bits per heavy atom. The van der Waals surface area contributed by atoms with Crippen molar-refractivity contribution < 1.29 is 18.9 Å². The summed E-state index contributed by atoms with van der Waals surface area (Å²) in [6, 6.07) is 14.8. The summed E-state index contributed by atoms with van der Waals surface area (Å²) in [5.41, 5.74) is 3.64. The zero-order valence-electron chi connectivity index (χ0n) is 16.4. The first-order valence-corrected chi connectivity index (χ1v) is 11.0. The Morgan fingerprint density at radius 3 is 2.50 bits per heavy atom. The number of fused-ring (bicyclic) bond motifs is 1. The third kappa shape index (κ3) is 4.07. The summed E-state index contributed by atoms with van der Waals surface area (Å²) in [4.78, 5) is 23.5. The number of nitrogens with zero attached hydrogens (tertiary/aromatic N) is 2. The highest BCUT2D eigenvalue weighted by Gasteiger charge is 2.44. The molecular formula is C22H26N2O3P+. The SMILES string of the molecule is CC[N+]1=C(C=CCC=Nc2ccccc2)C(C)(C)c2cc(P(=O)(O)O)ccc21. The van der Waals surface area contributed by atoms with Crippen LogP contribution in [0, 0.1) is 0 Å². The van der Waals surface area contributed by atoms with E-state index in [2.05, 4.69) is 42.5 Å². The van der Waals surface area contributed by atoms with Crippen LogP contribution < -0.4 is 5.30 Å². The predicted octanol–water partition coefficient (Wildman–Crippen LogP) is 4.23. The largest absolute Gasteiger partial charge is 0.356 e. The zero-order valence-corrected chi connectivity index (χ0v) is 17.3. The molecule has 0 fully saturated rings. The van der Waals surface area contributed by atoms with Crippen LogP contribution in [0.3, 0.4) is 0 Å². The Hall–Kier alpha value is -2.33. The Balaban J connectivity index is 1.85. The molecule has 1 aliphatic rings. The van der Waals surface area contributed by atoms with Gasteiger partial charge in [-0.25, -0.2) is 0 Å². The fourth-order valence-corrected chi connectivity index (χ4v) is 4.16. The first kappa shape index (κ1) is 20.4. The second-order valence-corrected chi connectivity index (χ2v) is 8.89. The van der Waals surface area contributed by atoms with Crippen LogP contribution in [0.25, 0.3) is 0 Å². The van der Waals surface area contributed by atoms with Gasteiger partial charge in [0.25, 0.3) is 0 Å². The van der Waals surface area contributed by atoms with Crippen molar-refractivity contribution in [2.24, 2.45) is 4.99 Å². The van der Waals surface area contributed by atoms with E-state index >= 15 is 0 Å². The number of benzene rings is 2. The van der Waals surface area contributed by atoms with Gasteiger partial charge in [-0.1, -0.05) is 24.3 Å². The van der Waals surface area contributed by atoms with Gasteiger partial charge in [-0.15, -0.1) is 0 Å². The van der Waals surface area contributed by atoms with Crippen molar-refractivity contribution >= 4 is 36.2 Å². The fourth-order valence-electron chi connectivity index (χ4n) is 3.60. The summed E-state index contributed by atoms with van der Waals surface area (Å²) in [5.74, 6) is 0. The van der Waals surface area contributed by atoms with E-state index in [1.54, 1.807) is 6.07 Å². The number of hydrogen-bond acceptors (Lipinski definition) is 2. The van der Waals surface area contributed by atoms with E-state index in [1.807, 2.05) is 42.6 Å². The molecular weight excluding hydrogens is 371 g/mol. The highest BCUT2D eigenvalue weighted by Crippen LogP contribution is 2.42. The highest BCUT2D eigenvalue weighted by molar-refractivity contribution is 7.60. The molecule has 0 atom stereocenters. The van der Waals surface area contributed by atoms with Crippen LogP contribution >= 0.6 is 7.60 Å². The quantitative estimate of drug-likeness (QED) is 0.435. The van der Waals surface area contributed by atoms with E-state index in [0.29, 0.717) is 6.42 Å². The van der Waals surface area contributed by atoms with Crippen molar-refractivity contribution in [3.63, 3.8) is 0 Å². The molecule has 2 N–H and O–H groups in total. The molecule has 6 heteroatoms. The number of hydrogen-bond donors (Lipinski definition) is 2. The second-order valence-electron chi connectivity index (χ2n) is 7.29. The van der Waals surface area contributed by atoms with E-state index in [9.17, 15) is 14.4 Å². The van der Waals surface area contributed by atoms with Crippen LogP contribution in [0.4, 0.5) is 11.4 Å². The maximum absolute atomic E-state index is 11.7. The summed E-state index contributed by atoms with van der Waals surface area (Å²) in [5, 5.41) is 0.0654. The molecule has 0 bridgehead atoms. The lowest BCUT2D eigenvalue weighted by Crippen LogP contribution is -2.28. The van der Waals surface area contributed by atoms with E-state index in [0.717, 1.165) is 29.2 Å². The fraction of sp³-hybridized carbons (Fsp3) is 0.273. The minimum atomic E-state index is -4.28. The van der Waals surface area contributed by atoms with Crippen molar-refractivity contribution in [2.45, 2.75) is 32.6 Å². The molecule has 0 saturated carbocycles. The summed E-state index contributed by atoms with van der Waals surface area (Å²) >= 11 is 0. The van der Waals surface area contributed by atoms with E-state index in [-0.39, 0.29) is 10.7 Å². The monoisotopic (exact) mass is 397 g/mol. The Morgan fingerprint density at radius 2 is 1.86 bits per heavy atom. The molecule has 0 amide bonds. The number of allylic oxidation sites excluding steroid dienone is 2. The Bertz CT molecular complexity index is 1000. The van der Waals surface area contributed by atoms with Crippen LogP contribution in [-0.4, -0.2) is 32.8 Å². The topological polar surface area (TPSA) is 72.9 Å². The highest BCUT2D eigenvalue weighted by atomic mass is 31.2. The molecule has 1 aliphatic heterocycles. The lowest BCUT2D eigenvalue weighted by Gasteiger charge is -2.16. The van der Waals surface area contributed by atoms with Gasteiger partial charge in [-0.3, -0.25) is 9.56 Å². The Kier molecular flexibility index (Phi) is 5.80. The number of para-hydroxylation sites is 1. The van der Waals surface area contributed by atoms with Crippen molar-refractivity contribution in [3.05, 3.63) is 66.2 Å². The molecule has 0 saturated heterocycles. The van der Waals surface area contributed by atoms with Crippen molar-refractivity contribution in [2.75, 3.05) is 6.54 Å². The van der Waals surface area contributed by atoms with Gasteiger partial charge < -0.3 is 9.79 Å². The Labute approximate surface area is 165 Å². The van der Waals surface area contributed by atoms with Gasteiger partial charge >= 0.3 is 7.60 Å². The van der Waals surface area contributed by atoms with Crippen LogP contribution in [0.1, 0.15) is 32.8 Å². The molecule has 2 aromatic carbocycles. The summed E-state index contributed by atoms with van der Waals surface area (Å²) in [6.07, 6.45) is 6.75. The average molecular weight is 397 g/mol. The summed E-state index contributed by atoms with van der Waals surface area (Å²) < 4.78 is 13.9. The van der Waals surface area contributed by atoms with Crippen LogP contribution in [0.15, 0.2) is 65.7 Å². The van der Waals surface area contributed by atoms with Gasteiger partial charge in [0.05, 0.1) is 16.4 Å². The lowest BCUT2D eigenvalue weighted by molar-refractivity contribution is -0.433. The van der Waals surface area contributed by atoms with Crippen LogP contribution in [0.2, 0.25) is 0 Å². The first-order chi connectivity index (χ1) is 13.2. The van der Waals surface area contributed by atoms with E-state index in [1.165, 1.54) is 6.07 Å². The minimum absolute atomic E-state index is 0.0654. The lowest BCUT2D eigenvalue weighted by atomic mass is 9.81. The van der Waals surface area contributed by atoms with Crippen molar-refractivity contribution in [1.29, 1.82) is 0 Å². The molecule has 146 valence electrons. The second kappa shape index (κ2) is 7.96. The van der Waals surface area contributed by atoms with E-state index in [4.69, 9.17) is 0 Å². The number of aliphatic imine (C=N–C) groups is 1. The molecule has 0 unspecified atom stereocenters. The molecule has 5 nitrogen and oxygen atoms in total. The van der Waals surface area contributed by atoms with Gasteiger partial charge in [0.1, 0.15) is 6.54 Å². The van der Waals surface area contributed by atoms with Crippen molar-refractivity contribution in [1.82, 2.24) is 0 Å². The van der Waals surface area contributed by atoms with Gasteiger partial charge in [-0.05, 0) is 45.0 Å². The zero-order chi connectivity index (χ0) is 20.4. The first-order valence-electron chi connectivity index (χ1n) is 9.35. The molecule has 0 radical (unpaired) electrons. The van der Waals surface area contributed by atoms with Gasteiger partial charge in [0.15, 0.2) is 5.71 Å². The third-order valence-electron chi connectivity index (χ3n) is 5.04. The normalized spacial score (nSPS) is 16.3. The van der Waals surface area contributed by atoms with Crippen molar-refractivity contribution in [3.8, 4) is 0 Å². The van der Waals surface area contributed by atoms with Crippen LogP contribution in [0.5, 0.6) is 0 Å². The van der Waals surface area contributed by atoms with Gasteiger partial charge in [0.2, 0.25) is 5.69 Å². The third-order valence-corrected chi connectivity index (χ3v) is 5.99. The smallest absolute Gasteiger partial charge is 0.321 e. The van der Waals surface area contributed by atoms with E-state index < -0.39 is 7.60 Å². The standard InChI is InChI=1S/C22H25N2O3P/c1-4-24-20-14-13-18(28(25,26)27)16-19(20)22(2,3)21(24)12-8-9-15-23-17-10-6-5-7-11-17/h5-8,10-16H,4,9H2,1-3H3,(H-,25,26,27)/p+1. The molecule has 0 aromatic heterocycles. The molecule has 1 heterocycles. The molecule has 0 spiro atoms. The maximum atomic E-state index is 11.7. The van der Waals surface area contributed by atoms with Crippen LogP contribution in [-0.2, 0) is 9.98 Å². The van der Waals surface area contributed by atoms with Gasteiger partial charge in [0, 0.05) is 30.3 Å². The summed E-state index contributed by atoms with van der Waals surface area (Å²) in [7, 11) is -4.28. The average Bonchev–Trinajstić information content (AvgIpc) is 2.88. The number of rotatable bonds is 6. The summed E-state index contributed by atoms with van der Waals surface area (Å²) in [6.45, 7) is 7.03. The predicted molar refractivity (Wildman–Crippen MR) is 115 cm³/mol. The molecule has 3 rings (SSSR count). The van der Waals surface area contributed by atoms with Gasteiger partial charge in [-0.2, -0.15) is 4.58 Å². The maximum Gasteiger partial charge on any atom is 0.356 e. The minimum Gasteiger partial charge on any atom is -0.321 e. The molecule has 2 aromatic rings. The molecule has 28 heavy (non-hydrogen) atoms. The molecule has 0 aliphatic carbocycles.